The third-order valence-corrected chi connectivity index (χ3v) is 3.64. The number of anilines is 1. The van der Waals surface area contributed by atoms with Crippen LogP contribution in [0.4, 0.5) is 10.1 Å². The average Bonchev–Trinajstić information content (AvgIpc) is 2.47. The van der Waals surface area contributed by atoms with Crippen LogP contribution in [-0.2, 0) is 9.59 Å². The molecule has 0 radical (unpaired) electrons. The number of rotatable bonds is 5. The van der Waals surface area contributed by atoms with Gasteiger partial charge in [0.1, 0.15) is 5.82 Å². The normalized spacial score (nSPS) is 15.2. The summed E-state index contributed by atoms with van der Waals surface area (Å²) in [6.45, 7) is 2.06. The topological polar surface area (TPSA) is 64.1 Å². The third kappa shape index (κ3) is 4.17. The van der Waals surface area contributed by atoms with Gasteiger partial charge < -0.3 is 14.9 Å². The van der Waals surface area contributed by atoms with E-state index in [1.165, 1.54) is 11.0 Å². The van der Waals surface area contributed by atoms with Crippen LogP contribution in [0.25, 0.3) is 0 Å². The average molecular weight is 309 g/mol. The Bertz CT molecular complexity index is 545. The lowest BCUT2D eigenvalue weighted by Crippen LogP contribution is -2.51. The molecule has 1 aromatic carbocycles. The number of aliphatic carboxylic acids is 1. The molecule has 1 N–H and O–H groups in total. The van der Waals surface area contributed by atoms with Crippen LogP contribution in [0.2, 0.25) is 0 Å². The number of carboxylic acid groups (broad SMARTS) is 1. The number of carbonyl (C=O) groups excluding carboxylic acids is 1. The highest BCUT2D eigenvalue weighted by atomic mass is 19.1. The lowest BCUT2D eigenvalue weighted by atomic mass is 10.2. The second-order valence-electron chi connectivity index (χ2n) is 5.39. The quantitative estimate of drug-likeness (QED) is 0.858. The maximum Gasteiger partial charge on any atom is 0.317 e. The molecule has 1 aliphatic heterocycles. The van der Waals surface area contributed by atoms with E-state index >= 15 is 0 Å². The van der Waals surface area contributed by atoms with Crippen molar-refractivity contribution in [3.8, 4) is 0 Å². The highest BCUT2D eigenvalue weighted by Gasteiger charge is 2.23. The predicted octanol–water partition coefficient (Wildman–Crippen LogP) is 0.491. The summed E-state index contributed by atoms with van der Waals surface area (Å²) < 4.78 is 13.7. The number of hydrogen-bond donors (Lipinski definition) is 1. The Morgan fingerprint density at radius 2 is 1.82 bits per heavy atom. The Morgan fingerprint density at radius 1 is 1.18 bits per heavy atom. The van der Waals surface area contributed by atoms with Crippen molar-refractivity contribution >= 4 is 17.6 Å². The Kier molecular flexibility index (Phi) is 5.32. The van der Waals surface area contributed by atoms with E-state index in [1.807, 2.05) is 4.90 Å². The van der Waals surface area contributed by atoms with Crippen LogP contribution in [0.15, 0.2) is 24.3 Å². The van der Waals surface area contributed by atoms with Gasteiger partial charge in [-0.3, -0.25) is 14.5 Å². The first-order valence-corrected chi connectivity index (χ1v) is 7.15. The Labute approximate surface area is 128 Å². The molecule has 1 aromatic rings. The number of carbonyl (C=O) groups is 2. The Morgan fingerprint density at radius 3 is 2.41 bits per heavy atom. The lowest BCUT2D eigenvalue weighted by Gasteiger charge is -2.36. The van der Waals surface area contributed by atoms with Gasteiger partial charge in [0.2, 0.25) is 5.91 Å². The van der Waals surface area contributed by atoms with Gasteiger partial charge in [-0.2, -0.15) is 0 Å². The summed E-state index contributed by atoms with van der Waals surface area (Å²) >= 11 is 0. The summed E-state index contributed by atoms with van der Waals surface area (Å²) in [7, 11) is 1.60. The standard InChI is InChI=1S/C15H20FN3O3/c1-17(11-15(21)22)10-14(20)19-8-6-18(7-9-19)13-5-3-2-4-12(13)16/h2-5H,6-11H2,1H3,(H,21,22). The van der Waals surface area contributed by atoms with Gasteiger partial charge in [0.05, 0.1) is 18.8 Å². The summed E-state index contributed by atoms with van der Waals surface area (Å²) in [4.78, 5) is 27.8. The van der Waals surface area contributed by atoms with Crippen LogP contribution in [-0.4, -0.2) is 73.1 Å². The summed E-state index contributed by atoms with van der Waals surface area (Å²) in [5, 5.41) is 8.69. The molecule has 0 aliphatic carbocycles. The molecule has 1 saturated heterocycles. The van der Waals surface area contributed by atoms with E-state index in [9.17, 15) is 14.0 Å². The highest BCUT2D eigenvalue weighted by Crippen LogP contribution is 2.20. The molecule has 1 heterocycles. The maximum atomic E-state index is 13.7. The zero-order valence-corrected chi connectivity index (χ0v) is 12.5. The number of para-hydroxylation sites is 1. The van der Waals surface area contributed by atoms with Crippen molar-refractivity contribution in [3.63, 3.8) is 0 Å². The molecule has 0 aromatic heterocycles. The number of likely N-dealkylation sites (N-methyl/N-ethyl adjacent to an activating group) is 1. The Balaban J connectivity index is 1.85. The van der Waals surface area contributed by atoms with E-state index < -0.39 is 5.97 Å². The van der Waals surface area contributed by atoms with Crippen molar-refractivity contribution in [1.29, 1.82) is 0 Å². The van der Waals surface area contributed by atoms with Gasteiger partial charge in [-0.05, 0) is 19.2 Å². The highest BCUT2D eigenvalue weighted by molar-refractivity contribution is 5.79. The van der Waals surface area contributed by atoms with Gasteiger partial charge >= 0.3 is 5.97 Å². The molecule has 0 saturated carbocycles. The van der Waals surface area contributed by atoms with E-state index in [-0.39, 0.29) is 24.8 Å². The minimum absolute atomic E-state index is 0.0754. The van der Waals surface area contributed by atoms with Crippen molar-refractivity contribution in [2.24, 2.45) is 0 Å². The third-order valence-electron chi connectivity index (χ3n) is 3.64. The second kappa shape index (κ2) is 7.22. The number of piperazine rings is 1. The molecule has 7 heteroatoms. The first-order valence-electron chi connectivity index (χ1n) is 7.15. The monoisotopic (exact) mass is 309 g/mol. The minimum Gasteiger partial charge on any atom is -0.480 e. The molecule has 0 unspecified atom stereocenters. The van der Waals surface area contributed by atoms with Crippen LogP contribution in [0.3, 0.4) is 0 Å². The Hall–Kier alpha value is -2.15. The molecule has 1 amide bonds. The van der Waals surface area contributed by atoms with Crippen LogP contribution in [0.5, 0.6) is 0 Å². The molecule has 22 heavy (non-hydrogen) atoms. The van der Waals surface area contributed by atoms with Crippen LogP contribution in [0, 0.1) is 5.82 Å². The van der Waals surface area contributed by atoms with Gasteiger partial charge in [0, 0.05) is 26.2 Å². The number of hydrogen-bond acceptors (Lipinski definition) is 4. The van der Waals surface area contributed by atoms with E-state index in [0.717, 1.165) is 0 Å². The van der Waals surface area contributed by atoms with Crippen LogP contribution < -0.4 is 4.90 Å². The fourth-order valence-electron chi connectivity index (χ4n) is 2.52. The zero-order chi connectivity index (χ0) is 16.1. The molecular weight excluding hydrogens is 289 g/mol. The predicted molar refractivity (Wildman–Crippen MR) is 80.3 cm³/mol. The molecule has 1 aliphatic rings. The molecule has 1 fully saturated rings. The fraction of sp³-hybridized carbons (Fsp3) is 0.467. The van der Waals surface area contributed by atoms with Crippen LogP contribution in [0.1, 0.15) is 0 Å². The van der Waals surface area contributed by atoms with Crippen molar-refractivity contribution < 1.29 is 19.1 Å². The van der Waals surface area contributed by atoms with Crippen molar-refractivity contribution in [1.82, 2.24) is 9.80 Å². The molecule has 0 spiro atoms. The smallest absolute Gasteiger partial charge is 0.317 e. The molecular formula is C15H20FN3O3. The molecule has 0 bridgehead atoms. The van der Waals surface area contributed by atoms with Crippen molar-refractivity contribution in [2.75, 3.05) is 51.2 Å². The summed E-state index contributed by atoms with van der Waals surface area (Å²) in [5.74, 6) is -1.32. The van der Waals surface area contributed by atoms with Gasteiger partial charge in [-0.1, -0.05) is 12.1 Å². The van der Waals surface area contributed by atoms with E-state index in [0.29, 0.717) is 31.9 Å². The number of carboxylic acids is 1. The molecule has 6 nitrogen and oxygen atoms in total. The van der Waals surface area contributed by atoms with Crippen LogP contribution >= 0.6 is 0 Å². The SMILES string of the molecule is CN(CC(=O)O)CC(=O)N1CCN(c2ccccc2F)CC1. The number of halogens is 1. The largest absolute Gasteiger partial charge is 0.480 e. The number of amides is 1. The van der Waals surface area contributed by atoms with Gasteiger partial charge in [-0.25, -0.2) is 4.39 Å². The van der Waals surface area contributed by atoms with Crippen molar-refractivity contribution in [3.05, 3.63) is 30.1 Å². The summed E-state index contributed by atoms with van der Waals surface area (Å²) in [6, 6.07) is 6.59. The van der Waals surface area contributed by atoms with E-state index in [4.69, 9.17) is 5.11 Å². The second-order valence-corrected chi connectivity index (χ2v) is 5.39. The first kappa shape index (κ1) is 16.2. The number of nitrogens with zero attached hydrogens (tertiary/aromatic N) is 3. The lowest BCUT2D eigenvalue weighted by molar-refractivity contribution is -0.139. The molecule has 2 rings (SSSR count). The summed E-state index contributed by atoms with van der Waals surface area (Å²) in [6.07, 6.45) is 0. The first-order chi connectivity index (χ1) is 10.5. The fourth-order valence-corrected chi connectivity index (χ4v) is 2.52. The zero-order valence-electron chi connectivity index (χ0n) is 12.5. The minimum atomic E-state index is -0.959. The maximum absolute atomic E-state index is 13.7. The molecule has 0 atom stereocenters. The summed E-state index contributed by atoms with van der Waals surface area (Å²) in [5.41, 5.74) is 0.553. The van der Waals surface area contributed by atoms with Gasteiger partial charge in [0.15, 0.2) is 0 Å². The molecule has 120 valence electrons. The van der Waals surface area contributed by atoms with Gasteiger partial charge in [0.25, 0.3) is 0 Å². The van der Waals surface area contributed by atoms with Gasteiger partial charge in [-0.15, -0.1) is 0 Å². The van der Waals surface area contributed by atoms with E-state index in [2.05, 4.69) is 0 Å². The van der Waals surface area contributed by atoms with Crippen molar-refractivity contribution in [2.45, 2.75) is 0 Å². The number of benzene rings is 1. The van der Waals surface area contributed by atoms with E-state index in [1.54, 1.807) is 30.1 Å².